The van der Waals surface area contributed by atoms with Gasteiger partial charge in [-0.3, -0.25) is 9.59 Å². The SMILES string of the molecule is O=C(C[C@@H](NC(=O)c1ccccc1Cl)c1ccccc1)NCc1nnc2n1CCC2. The minimum Gasteiger partial charge on any atom is -0.349 e. The Morgan fingerprint density at radius 1 is 1.07 bits per heavy atom. The molecule has 0 spiro atoms. The molecule has 30 heavy (non-hydrogen) atoms. The molecule has 3 aromatic rings. The van der Waals surface area contributed by atoms with Crippen LogP contribution in [0.3, 0.4) is 0 Å². The average molecular weight is 424 g/mol. The van der Waals surface area contributed by atoms with Crippen molar-refractivity contribution in [2.75, 3.05) is 0 Å². The quantitative estimate of drug-likeness (QED) is 0.611. The van der Waals surface area contributed by atoms with Crippen molar-refractivity contribution >= 4 is 23.4 Å². The zero-order valence-corrected chi connectivity index (χ0v) is 17.1. The van der Waals surface area contributed by atoms with Crippen molar-refractivity contribution in [3.8, 4) is 0 Å². The fraction of sp³-hybridized carbons (Fsp3) is 0.273. The van der Waals surface area contributed by atoms with Crippen LogP contribution in [-0.2, 0) is 24.3 Å². The Hall–Kier alpha value is -3.19. The van der Waals surface area contributed by atoms with Crippen LogP contribution in [0.15, 0.2) is 54.6 Å². The van der Waals surface area contributed by atoms with Gasteiger partial charge in [0.25, 0.3) is 5.91 Å². The number of halogens is 1. The highest BCUT2D eigenvalue weighted by Gasteiger charge is 2.22. The molecule has 0 aliphatic carbocycles. The maximum atomic E-state index is 12.8. The molecule has 0 saturated heterocycles. The molecular formula is C22H22ClN5O2. The number of rotatable bonds is 7. The molecule has 2 heterocycles. The zero-order chi connectivity index (χ0) is 20.9. The number of carbonyl (C=O) groups excluding carboxylic acids is 2. The molecule has 2 aromatic carbocycles. The van der Waals surface area contributed by atoms with Gasteiger partial charge in [-0.2, -0.15) is 0 Å². The number of carbonyl (C=O) groups is 2. The second kappa shape index (κ2) is 9.09. The lowest BCUT2D eigenvalue weighted by molar-refractivity contribution is -0.121. The van der Waals surface area contributed by atoms with E-state index in [9.17, 15) is 9.59 Å². The van der Waals surface area contributed by atoms with Gasteiger partial charge < -0.3 is 15.2 Å². The van der Waals surface area contributed by atoms with E-state index in [1.807, 2.05) is 34.9 Å². The lowest BCUT2D eigenvalue weighted by Crippen LogP contribution is -2.34. The van der Waals surface area contributed by atoms with Gasteiger partial charge >= 0.3 is 0 Å². The number of amides is 2. The van der Waals surface area contributed by atoms with E-state index in [1.54, 1.807) is 24.3 Å². The fourth-order valence-corrected chi connectivity index (χ4v) is 3.82. The number of benzene rings is 2. The van der Waals surface area contributed by atoms with E-state index in [2.05, 4.69) is 20.8 Å². The molecule has 1 aliphatic rings. The van der Waals surface area contributed by atoms with E-state index < -0.39 is 6.04 Å². The third-order valence-corrected chi connectivity index (χ3v) is 5.47. The molecule has 2 N–H and O–H groups in total. The molecule has 0 unspecified atom stereocenters. The second-order valence-electron chi connectivity index (χ2n) is 7.19. The molecule has 0 fully saturated rings. The summed E-state index contributed by atoms with van der Waals surface area (Å²) in [6, 6.07) is 15.8. The van der Waals surface area contributed by atoms with Crippen molar-refractivity contribution in [2.24, 2.45) is 0 Å². The van der Waals surface area contributed by atoms with Crippen molar-refractivity contribution in [1.29, 1.82) is 0 Å². The number of aromatic nitrogens is 3. The Bertz CT molecular complexity index is 1050. The zero-order valence-electron chi connectivity index (χ0n) is 16.3. The molecule has 7 nitrogen and oxygen atoms in total. The highest BCUT2D eigenvalue weighted by atomic mass is 35.5. The molecule has 0 radical (unpaired) electrons. The third-order valence-electron chi connectivity index (χ3n) is 5.15. The molecule has 1 atom stereocenters. The van der Waals surface area contributed by atoms with Crippen LogP contribution in [-0.4, -0.2) is 26.6 Å². The van der Waals surface area contributed by atoms with E-state index >= 15 is 0 Å². The van der Waals surface area contributed by atoms with Crippen molar-refractivity contribution in [3.05, 3.63) is 82.4 Å². The third kappa shape index (κ3) is 4.52. The first-order valence-electron chi connectivity index (χ1n) is 9.90. The first-order chi connectivity index (χ1) is 14.6. The lowest BCUT2D eigenvalue weighted by atomic mass is 10.0. The van der Waals surface area contributed by atoms with Gasteiger partial charge in [0.2, 0.25) is 5.91 Å². The summed E-state index contributed by atoms with van der Waals surface area (Å²) in [6.45, 7) is 1.19. The van der Waals surface area contributed by atoms with E-state index in [0.29, 0.717) is 17.1 Å². The van der Waals surface area contributed by atoms with Gasteiger partial charge in [0, 0.05) is 13.0 Å². The molecule has 8 heteroatoms. The predicted molar refractivity (Wildman–Crippen MR) is 113 cm³/mol. The fourth-order valence-electron chi connectivity index (χ4n) is 3.60. The van der Waals surface area contributed by atoms with Gasteiger partial charge in [0.1, 0.15) is 5.82 Å². The summed E-state index contributed by atoms with van der Waals surface area (Å²) in [6.07, 6.45) is 2.07. The first kappa shape index (κ1) is 20.1. The van der Waals surface area contributed by atoms with E-state index in [4.69, 9.17) is 11.6 Å². The summed E-state index contributed by atoms with van der Waals surface area (Å²) in [4.78, 5) is 25.4. The van der Waals surface area contributed by atoms with Gasteiger partial charge in [-0.05, 0) is 24.1 Å². The Kier molecular flexibility index (Phi) is 6.09. The highest BCUT2D eigenvalue weighted by Crippen LogP contribution is 2.20. The van der Waals surface area contributed by atoms with Crippen LogP contribution in [0, 0.1) is 0 Å². The van der Waals surface area contributed by atoms with Crippen LogP contribution < -0.4 is 10.6 Å². The maximum Gasteiger partial charge on any atom is 0.253 e. The average Bonchev–Trinajstić information content (AvgIpc) is 3.37. The number of aryl methyl sites for hydroxylation is 1. The molecule has 1 aliphatic heterocycles. The van der Waals surface area contributed by atoms with Gasteiger partial charge in [-0.15, -0.1) is 10.2 Å². The topological polar surface area (TPSA) is 88.9 Å². The minimum atomic E-state index is -0.487. The molecule has 0 saturated carbocycles. The predicted octanol–water partition coefficient (Wildman–Crippen LogP) is 3.06. The van der Waals surface area contributed by atoms with Crippen LogP contribution in [0.25, 0.3) is 0 Å². The molecule has 4 rings (SSSR count). The summed E-state index contributed by atoms with van der Waals surface area (Å²) < 4.78 is 2.05. The molecule has 154 valence electrons. The van der Waals surface area contributed by atoms with Crippen LogP contribution in [0.2, 0.25) is 5.02 Å². The Balaban J connectivity index is 1.44. The molecule has 0 bridgehead atoms. The summed E-state index contributed by atoms with van der Waals surface area (Å²) in [5, 5.41) is 14.5. The normalized spacial score (nSPS) is 13.5. The van der Waals surface area contributed by atoms with Gasteiger partial charge in [-0.1, -0.05) is 54.1 Å². The monoisotopic (exact) mass is 423 g/mol. The first-order valence-corrected chi connectivity index (χ1v) is 10.3. The van der Waals surface area contributed by atoms with Crippen molar-refractivity contribution < 1.29 is 9.59 Å². The summed E-state index contributed by atoms with van der Waals surface area (Å²) in [7, 11) is 0. The van der Waals surface area contributed by atoms with Crippen LogP contribution in [0.4, 0.5) is 0 Å². The Labute approximate surface area is 179 Å². The maximum absolute atomic E-state index is 12.8. The largest absolute Gasteiger partial charge is 0.349 e. The second-order valence-corrected chi connectivity index (χ2v) is 7.59. The van der Waals surface area contributed by atoms with E-state index in [0.717, 1.165) is 36.6 Å². The van der Waals surface area contributed by atoms with Crippen molar-refractivity contribution in [2.45, 2.75) is 38.4 Å². The molecule has 1 aromatic heterocycles. The number of hydrogen-bond donors (Lipinski definition) is 2. The van der Waals surface area contributed by atoms with E-state index in [1.165, 1.54) is 0 Å². The van der Waals surface area contributed by atoms with Crippen LogP contribution in [0.1, 0.15) is 46.5 Å². The standard InChI is InChI=1S/C22H22ClN5O2/c23-17-10-5-4-9-16(17)22(30)25-18(15-7-2-1-3-8-15)13-21(29)24-14-20-27-26-19-11-6-12-28(19)20/h1-5,7-10,18H,6,11-14H2,(H,24,29)(H,25,30)/t18-/m1/s1. The smallest absolute Gasteiger partial charge is 0.253 e. The number of nitrogens with one attached hydrogen (secondary N) is 2. The molecular weight excluding hydrogens is 402 g/mol. The van der Waals surface area contributed by atoms with Gasteiger partial charge in [-0.25, -0.2) is 0 Å². The van der Waals surface area contributed by atoms with Crippen LogP contribution >= 0.6 is 11.6 Å². The number of fused-ring (bicyclic) bond motifs is 1. The number of hydrogen-bond acceptors (Lipinski definition) is 4. The van der Waals surface area contributed by atoms with Crippen molar-refractivity contribution in [3.63, 3.8) is 0 Å². The highest BCUT2D eigenvalue weighted by molar-refractivity contribution is 6.33. The number of nitrogens with zero attached hydrogens (tertiary/aromatic N) is 3. The van der Waals surface area contributed by atoms with Crippen molar-refractivity contribution in [1.82, 2.24) is 25.4 Å². The summed E-state index contributed by atoms with van der Waals surface area (Å²) in [5.41, 5.74) is 1.22. The Morgan fingerprint density at radius 3 is 2.63 bits per heavy atom. The minimum absolute atomic E-state index is 0.0984. The van der Waals surface area contributed by atoms with Crippen LogP contribution in [0.5, 0.6) is 0 Å². The van der Waals surface area contributed by atoms with Gasteiger partial charge in [0.15, 0.2) is 5.82 Å². The lowest BCUT2D eigenvalue weighted by Gasteiger charge is -2.19. The van der Waals surface area contributed by atoms with Gasteiger partial charge in [0.05, 0.1) is 29.6 Å². The Morgan fingerprint density at radius 2 is 1.83 bits per heavy atom. The van der Waals surface area contributed by atoms with E-state index in [-0.39, 0.29) is 18.2 Å². The summed E-state index contributed by atoms with van der Waals surface area (Å²) >= 11 is 6.15. The summed E-state index contributed by atoms with van der Waals surface area (Å²) in [5.74, 6) is 1.22. The molecule has 2 amide bonds.